The van der Waals surface area contributed by atoms with E-state index in [-0.39, 0.29) is 16.9 Å². The van der Waals surface area contributed by atoms with E-state index >= 15 is 0 Å². The van der Waals surface area contributed by atoms with Gasteiger partial charge in [0, 0.05) is 11.8 Å². The Kier molecular flexibility index (Phi) is 5.05. The van der Waals surface area contributed by atoms with Crippen molar-refractivity contribution >= 4 is 29.1 Å². The minimum absolute atomic E-state index is 0.0242. The van der Waals surface area contributed by atoms with Crippen molar-refractivity contribution in [3.63, 3.8) is 0 Å². The first-order valence-electron chi connectivity index (χ1n) is 6.61. The van der Waals surface area contributed by atoms with Crippen LogP contribution in [0.3, 0.4) is 0 Å². The van der Waals surface area contributed by atoms with Crippen LogP contribution in [-0.2, 0) is 4.74 Å². The fourth-order valence-electron chi connectivity index (χ4n) is 1.90. The van der Waals surface area contributed by atoms with Crippen LogP contribution in [0.5, 0.6) is 0 Å². The molecule has 2 N–H and O–H groups in total. The van der Waals surface area contributed by atoms with E-state index in [0.717, 1.165) is 12.1 Å². The molecule has 0 aliphatic rings. The number of benzene rings is 2. The van der Waals surface area contributed by atoms with E-state index in [2.05, 4.69) is 15.4 Å². The Labute approximate surface area is 135 Å². The number of urea groups is 1. The molecule has 0 fully saturated rings. The molecule has 0 saturated carbocycles. The van der Waals surface area contributed by atoms with Crippen LogP contribution < -0.4 is 10.6 Å². The van der Waals surface area contributed by atoms with Crippen molar-refractivity contribution in [2.45, 2.75) is 0 Å². The number of para-hydroxylation sites is 1. The highest BCUT2D eigenvalue weighted by Crippen LogP contribution is 2.22. The zero-order chi connectivity index (χ0) is 17.7. The molecular formula is C15H12FN3O5. The highest BCUT2D eigenvalue weighted by Gasteiger charge is 2.16. The molecule has 2 amide bonds. The van der Waals surface area contributed by atoms with Gasteiger partial charge in [0.25, 0.3) is 0 Å². The summed E-state index contributed by atoms with van der Waals surface area (Å²) in [5.41, 5.74) is -0.405. The van der Waals surface area contributed by atoms with E-state index in [0.29, 0.717) is 0 Å². The number of rotatable bonds is 4. The number of halogens is 1. The molecule has 0 atom stereocenters. The van der Waals surface area contributed by atoms with Gasteiger partial charge in [-0.1, -0.05) is 12.1 Å². The van der Waals surface area contributed by atoms with Crippen molar-refractivity contribution in [2.75, 3.05) is 17.7 Å². The zero-order valence-electron chi connectivity index (χ0n) is 12.4. The molecule has 2 aromatic carbocycles. The van der Waals surface area contributed by atoms with E-state index in [9.17, 15) is 24.1 Å². The standard InChI is InChI=1S/C15H12FN3O5/c1-24-14(20)10-4-2-3-5-12(10)18-15(21)17-9-6-7-11(16)13(8-9)19(22)23/h2-8H,1H3,(H2,17,18,21). The van der Waals surface area contributed by atoms with Gasteiger partial charge in [-0.05, 0) is 24.3 Å². The lowest BCUT2D eigenvalue weighted by Crippen LogP contribution is -2.21. The topological polar surface area (TPSA) is 111 Å². The molecule has 2 aromatic rings. The number of nitro benzene ring substituents is 1. The van der Waals surface area contributed by atoms with Crippen LogP contribution in [0.25, 0.3) is 0 Å². The normalized spacial score (nSPS) is 9.92. The van der Waals surface area contributed by atoms with Crippen LogP contribution in [0.4, 0.5) is 26.2 Å². The van der Waals surface area contributed by atoms with Crippen molar-refractivity contribution in [2.24, 2.45) is 0 Å². The molecule has 0 aromatic heterocycles. The molecule has 0 radical (unpaired) electrons. The molecule has 24 heavy (non-hydrogen) atoms. The van der Waals surface area contributed by atoms with Gasteiger partial charge in [0.15, 0.2) is 0 Å². The Morgan fingerprint density at radius 1 is 1.17 bits per heavy atom. The SMILES string of the molecule is COC(=O)c1ccccc1NC(=O)Nc1ccc(F)c([N+](=O)[O-])c1. The number of hydrogen-bond acceptors (Lipinski definition) is 5. The lowest BCUT2D eigenvalue weighted by Gasteiger charge is -2.10. The predicted octanol–water partition coefficient (Wildman–Crippen LogP) is 3.16. The summed E-state index contributed by atoms with van der Waals surface area (Å²) in [5.74, 6) is -1.65. The molecule has 0 aliphatic heterocycles. The van der Waals surface area contributed by atoms with Gasteiger partial charge in [0.2, 0.25) is 5.82 Å². The molecule has 0 bridgehead atoms. The molecule has 0 aliphatic carbocycles. The largest absolute Gasteiger partial charge is 0.465 e. The summed E-state index contributed by atoms with van der Waals surface area (Å²) < 4.78 is 17.9. The third-order valence-electron chi connectivity index (χ3n) is 2.98. The first kappa shape index (κ1) is 16.9. The number of anilines is 2. The fourth-order valence-corrected chi connectivity index (χ4v) is 1.90. The molecule has 0 spiro atoms. The van der Waals surface area contributed by atoms with Crippen LogP contribution >= 0.6 is 0 Å². The zero-order valence-corrected chi connectivity index (χ0v) is 12.4. The average Bonchev–Trinajstić information content (AvgIpc) is 2.56. The second-order valence-electron chi connectivity index (χ2n) is 4.54. The Balaban J connectivity index is 2.16. The number of carbonyl (C=O) groups excluding carboxylic acids is 2. The lowest BCUT2D eigenvalue weighted by atomic mass is 10.2. The van der Waals surface area contributed by atoms with Crippen molar-refractivity contribution in [3.05, 3.63) is 64.0 Å². The van der Waals surface area contributed by atoms with E-state index in [1.165, 1.54) is 25.3 Å². The molecule has 124 valence electrons. The van der Waals surface area contributed by atoms with Crippen LogP contribution in [0.15, 0.2) is 42.5 Å². The first-order valence-corrected chi connectivity index (χ1v) is 6.61. The van der Waals surface area contributed by atoms with Gasteiger partial charge in [-0.2, -0.15) is 4.39 Å². The summed E-state index contributed by atoms with van der Waals surface area (Å²) in [6, 6.07) is 8.32. The third kappa shape index (κ3) is 3.83. The Bertz CT molecular complexity index is 809. The van der Waals surface area contributed by atoms with Crippen molar-refractivity contribution < 1.29 is 23.6 Å². The Hall–Kier alpha value is -3.49. The maximum absolute atomic E-state index is 13.3. The van der Waals surface area contributed by atoms with E-state index in [4.69, 9.17) is 0 Å². The lowest BCUT2D eigenvalue weighted by molar-refractivity contribution is -0.387. The van der Waals surface area contributed by atoms with Gasteiger partial charge in [0.05, 0.1) is 23.3 Å². The molecular weight excluding hydrogens is 321 g/mol. The first-order chi connectivity index (χ1) is 11.4. The minimum Gasteiger partial charge on any atom is -0.465 e. The van der Waals surface area contributed by atoms with E-state index in [1.807, 2.05) is 0 Å². The van der Waals surface area contributed by atoms with Gasteiger partial charge in [-0.25, -0.2) is 9.59 Å². The van der Waals surface area contributed by atoms with Gasteiger partial charge < -0.3 is 15.4 Å². The summed E-state index contributed by atoms with van der Waals surface area (Å²) in [6.45, 7) is 0. The number of methoxy groups -OCH3 is 1. The monoisotopic (exact) mass is 333 g/mol. The van der Waals surface area contributed by atoms with Crippen molar-refractivity contribution in [1.29, 1.82) is 0 Å². The molecule has 0 unspecified atom stereocenters. The fraction of sp³-hybridized carbons (Fsp3) is 0.0667. The molecule has 0 heterocycles. The molecule has 8 nitrogen and oxygen atoms in total. The minimum atomic E-state index is -1.01. The van der Waals surface area contributed by atoms with Gasteiger partial charge in [-0.15, -0.1) is 0 Å². The quantitative estimate of drug-likeness (QED) is 0.507. The molecule has 0 saturated heterocycles. The second-order valence-corrected chi connectivity index (χ2v) is 4.54. The second kappa shape index (κ2) is 7.18. The number of carbonyl (C=O) groups is 2. The maximum atomic E-state index is 13.3. The number of nitrogens with one attached hydrogen (secondary N) is 2. The molecule has 2 rings (SSSR count). The summed E-state index contributed by atoms with van der Waals surface area (Å²) in [6.07, 6.45) is 0. The Morgan fingerprint density at radius 2 is 1.88 bits per heavy atom. The number of esters is 1. The third-order valence-corrected chi connectivity index (χ3v) is 2.98. The van der Waals surface area contributed by atoms with Crippen LogP contribution in [-0.4, -0.2) is 24.0 Å². The summed E-state index contributed by atoms with van der Waals surface area (Å²) >= 11 is 0. The summed E-state index contributed by atoms with van der Waals surface area (Å²) in [7, 11) is 1.21. The number of ether oxygens (including phenoxy) is 1. The number of amides is 2. The number of hydrogen-bond donors (Lipinski definition) is 2. The van der Waals surface area contributed by atoms with Crippen LogP contribution in [0.1, 0.15) is 10.4 Å². The maximum Gasteiger partial charge on any atom is 0.339 e. The Morgan fingerprint density at radius 3 is 2.54 bits per heavy atom. The average molecular weight is 333 g/mol. The van der Waals surface area contributed by atoms with E-state index in [1.54, 1.807) is 12.1 Å². The van der Waals surface area contributed by atoms with Crippen molar-refractivity contribution in [3.8, 4) is 0 Å². The van der Waals surface area contributed by atoms with Gasteiger partial charge >= 0.3 is 17.7 Å². The summed E-state index contributed by atoms with van der Waals surface area (Å²) in [4.78, 5) is 33.4. The smallest absolute Gasteiger partial charge is 0.339 e. The van der Waals surface area contributed by atoms with Crippen molar-refractivity contribution in [1.82, 2.24) is 0 Å². The van der Waals surface area contributed by atoms with E-state index < -0.39 is 28.4 Å². The highest BCUT2D eigenvalue weighted by molar-refractivity contribution is 6.05. The molecule has 9 heteroatoms. The van der Waals surface area contributed by atoms with Crippen LogP contribution in [0.2, 0.25) is 0 Å². The van der Waals surface area contributed by atoms with Gasteiger partial charge in [0.1, 0.15) is 0 Å². The summed E-state index contributed by atoms with van der Waals surface area (Å²) in [5, 5.41) is 15.4. The highest BCUT2D eigenvalue weighted by atomic mass is 19.1. The number of nitrogens with zero attached hydrogens (tertiary/aromatic N) is 1. The van der Waals surface area contributed by atoms with Gasteiger partial charge in [-0.3, -0.25) is 10.1 Å². The van der Waals surface area contributed by atoms with Crippen LogP contribution in [0, 0.1) is 15.9 Å². The number of nitro groups is 1. The predicted molar refractivity (Wildman–Crippen MR) is 83.5 cm³/mol.